The van der Waals surface area contributed by atoms with Gasteiger partial charge in [-0.2, -0.15) is 0 Å². The maximum absolute atomic E-state index is 12.1. The van der Waals surface area contributed by atoms with Gasteiger partial charge in [0.25, 0.3) is 5.91 Å². The average molecular weight is 288 g/mol. The first-order valence-electron chi connectivity index (χ1n) is 7.20. The highest BCUT2D eigenvalue weighted by atomic mass is 16.5. The molecule has 2 rings (SSSR count). The van der Waals surface area contributed by atoms with Crippen molar-refractivity contribution in [3.63, 3.8) is 0 Å². The minimum absolute atomic E-state index is 0.0318. The summed E-state index contributed by atoms with van der Waals surface area (Å²) < 4.78 is 5.39. The van der Waals surface area contributed by atoms with Crippen LogP contribution in [0.25, 0.3) is 0 Å². The van der Waals surface area contributed by atoms with Crippen LogP contribution in [0.1, 0.15) is 35.2 Å². The Morgan fingerprint density at radius 1 is 1.52 bits per heavy atom. The molecule has 1 aromatic heterocycles. The number of rotatable bonds is 4. The van der Waals surface area contributed by atoms with Gasteiger partial charge in [-0.15, -0.1) is 0 Å². The van der Waals surface area contributed by atoms with Gasteiger partial charge in [0.2, 0.25) is 0 Å². The molecule has 5 nitrogen and oxygen atoms in total. The predicted molar refractivity (Wildman–Crippen MR) is 78.7 cm³/mol. The van der Waals surface area contributed by atoms with Crippen molar-refractivity contribution in [3.05, 3.63) is 29.6 Å². The van der Waals surface area contributed by atoms with Gasteiger partial charge in [-0.3, -0.25) is 9.78 Å². The normalized spacial score (nSPS) is 17.7. The van der Waals surface area contributed by atoms with E-state index in [1.54, 1.807) is 12.3 Å². The highest BCUT2D eigenvalue weighted by molar-refractivity contribution is 5.94. The molecule has 1 unspecified atom stereocenters. The van der Waals surface area contributed by atoms with Crippen LogP contribution in [0.4, 0.5) is 0 Å². The van der Waals surface area contributed by atoms with E-state index in [1.807, 2.05) is 0 Å². The lowest BCUT2D eigenvalue weighted by Crippen LogP contribution is -2.33. The predicted octanol–water partition coefficient (Wildman–Crippen LogP) is 0.972. The topological polar surface area (TPSA) is 71.5 Å². The zero-order chi connectivity index (χ0) is 14.9. The molecule has 5 heteroatoms. The summed E-state index contributed by atoms with van der Waals surface area (Å²) in [7, 11) is 0. The lowest BCUT2D eigenvalue weighted by Gasteiger charge is -2.22. The molecule has 0 aliphatic carbocycles. The molecule has 1 aromatic rings. The second-order valence-electron chi connectivity index (χ2n) is 5.03. The number of nitrogens with one attached hydrogen (secondary N) is 1. The van der Waals surface area contributed by atoms with Gasteiger partial charge < -0.3 is 15.2 Å². The number of ether oxygens (including phenoxy) is 1. The molecule has 0 spiro atoms. The van der Waals surface area contributed by atoms with Crippen molar-refractivity contribution < 1.29 is 14.6 Å². The first-order valence-corrected chi connectivity index (χ1v) is 7.20. The molecule has 2 heterocycles. The highest BCUT2D eigenvalue weighted by Gasteiger charge is 2.15. The maximum Gasteiger partial charge on any atom is 0.252 e. The van der Waals surface area contributed by atoms with Crippen LogP contribution in [0.15, 0.2) is 18.5 Å². The number of carbonyl (C=O) groups is 1. The molecular weight excluding hydrogens is 268 g/mol. The van der Waals surface area contributed by atoms with Crippen LogP contribution >= 0.6 is 0 Å². The van der Waals surface area contributed by atoms with E-state index in [-0.39, 0.29) is 12.5 Å². The number of nitrogens with zero attached hydrogens (tertiary/aromatic N) is 1. The summed E-state index contributed by atoms with van der Waals surface area (Å²) in [6.45, 7) is 2.19. The summed E-state index contributed by atoms with van der Waals surface area (Å²) in [5, 5.41) is 11.6. The van der Waals surface area contributed by atoms with E-state index >= 15 is 0 Å². The van der Waals surface area contributed by atoms with Gasteiger partial charge >= 0.3 is 0 Å². The van der Waals surface area contributed by atoms with Crippen LogP contribution in [0.3, 0.4) is 0 Å². The summed E-state index contributed by atoms with van der Waals surface area (Å²) in [6, 6.07) is 1.71. The van der Waals surface area contributed by atoms with Gasteiger partial charge in [0, 0.05) is 37.5 Å². The van der Waals surface area contributed by atoms with Crippen LogP contribution in [-0.4, -0.2) is 42.4 Å². The van der Waals surface area contributed by atoms with E-state index in [4.69, 9.17) is 9.84 Å². The average Bonchev–Trinajstić information content (AvgIpc) is 2.54. The summed E-state index contributed by atoms with van der Waals surface area (Å²) in [5.74, 6) is 5.94. The summed E-state index contributed by atoms with van der Waals surface area (Å²) >= 11 is 0. The molecule has 21 heavy (non-hydrogen) atoms. The monoisotopic (exact) mass is 288 g/mol. The molecule has 1 atom stereocenters. The largest absolute Gasteiger partial charge is 0.395 e. The Balaban J connectivity index is 1.89. The fraction of sp³-hybridized carbons (Fsp3) is 0.500. The molecule has 0 saturated carbocycles. The maximum atomic E-state index is 12.1. The van der Waals surface area contributed by atoms with Gasteiger partial charge in [0.05, 0.1) is 18.8 Å². The molecule has 1 amide bonds. The van der Waals surface area contributed by atoms with E-state index in [0.717, 1.165) is 19.4 Å². The molecule has 2 N–H and O–H groups in total. The molecule has 1 aliphatic heterocycles. The van der Waals surface area contributed by atoms with Gasteiger partial charge in [0.15, 0.2) is 0 Å². The molecule has 0 bridgehead atoms. The second-order valence-corrected chi connectivity index (χ2v) is 5.03. The number of carbonyl (C=O) groups excluding carboxylic acids is 1. The SMILES string of the molecule is O=C(NCC1CCCOC1)c1cncc(C#CCCO)c1. The zero-order valence-corrected chi connectivity index (χ0v) is 12.0. The molecule has 1 saturated heterocycles. The standard InChI is InChI=1S/C16H20N2O3/c19-6-2-1-4-13-8-15(11-17-9-13)16(20)18-10-14-5-3-7-21-12-14/h8-9,11,14,19H,2-3,5-7,10,12H2,(H,18,20). The summed E-state index contributed by atoms with van der Waals surface area (Å²) in [6.07, 6.45) is 5.70. The quantitative estimate of drug-likeness (QED) is 0.810. The third-order valence-corrected chi connectivity index (χ3v) is 3.28. The third-order valence-electron chi connectivity index (χ3n) is 3.28. The van der Waals surface area contributed by atoms with Crippen molar-refractivity contribution in [2.45, 2.75) is 19.3 Å². The van der Waals surface area contributed by atoms with Gasteiger partial charge in [-0.1, -0.05) is 11.8 Å². The number of hydrogen-bond acceptors (Lipinski definition) is 4. The molecule has 112 valence electrons. The summed E-state index contributed by atoms with van der Waals surface area (Å²) in [4.78, 5) is 16.1. The Kier molecular flexibility index (Phi) is 6.20. The van der Waals surface area contributed by atoms with E-state index in [2.05, 4.69) is 22.1 Å². The number of pyridine rings is 1. The number of aliphatic hydroxyl groups excluding tert-OH is 1. The Labute approximate surface area is 124 Å². The van der Waals surface area contributed by atoms with E-state index in [0.29, 0.717) is 36.6 Å². The smallest absolute Gasteiger partial charge is 0.252 e. The van der Waals surface area contributed by atoms with Crippen LogP contribution in [0, 0.1) is 17.8 Å². The van der Waals surface area contributed by atoms with Crippen molar-refractivity contribution in [1.29, 1.82) is 0 Å². The first-order chi connectivity index (χ1) is 10.3. The van der Waals surface area contributed by atoms with Crippen LogP contribution in [0.2, 0.25) is 0 Å². The first kappa shape index (κ1) is 15.5. The molecular formula is C16H20N2O3. The fourth-order valence-corrected chi connectivity index (χ4v) is 2.16. The van der Waals surface area contributed by atoms with Gasteiger partial charge in [-0.05, 0) is 24.8 Å². The molecule has 1 aliphatic rings. The van der Waals surface area contributed by atoms with Crippen molar-refractivity contribution >= 4 is 5.91 Å². The Bertz CT molecular complexity index is 528. The third kappa shape index (κ3) is 5.18. The fourth-order valence-electron chi connectivity index (χ4n) is 2.16. The second kappa shape index (κ2) is 8.40. The van der Waals surface area contributed by atoms with Crippen molar-refractivity contribution in [3.8, 4) is 11.8 Å². The Morgan fingerprint density at radius 2 is 2.43 bits per heavy atom. The number of aliphatic hydroxyl groups is 1. The van der Waals surface area contributed by atoms with Gasteiger partial charge in [0.1, 0.15) is 0 Å². The number of aromatic nitrogens is 1. The van der Waals surface area contributed by atoms with Crippen molar-refractivity contribution in [2.75, 3.05) is 26.4 Å². The zero-order valence-electron chi connectivity index (χ0n) is 12.0. The Hall–Kier alpha value is -1.90. The van der Waals surface area contributed by atoms with Crippen molar-refractivity contribution in [2.24, 2.45) is 5.92 Å². The molecule has 0 aromatic carbocycles. The Morgan fingerprint density at radius 3 is 3.19 bits per heavy atom. The highest BCUT2D eigenvalue weighted by Crippen LogP contribution is 2.12. The van der Waals surface area contributed by atoms with E-state index in [9.17, 15) is 4.79 Å². The van der Waals surface area contributed by atoms with E-state index < -0.39 is 0 Å². The minimum atomic E-state index is -0.140. The van der Waals surface area contributed by atoms with Crippen molar-refractivity contribution in [1.82, 2.24) is 10.3 Å². The van der Waals surface area contributed by atoms with Gasteiger partial charge in [-0.25, -0.2) is 0 Å². The van der Waals surface area contributed by atoms with E-state index in [1.165, 1.54) is 6.20 Å². The molecule has 0 radical (unpaired) electrons. The van der Waals surface area contributed by atoms with Crippen LogP contribution in [-0.2, 0) is 4.74 Å². The molecule has 1 fully saturated rings. The lowest BCUT2D eigenvalue weighted by atomic mass is 10.0. The summed E-state index contributed by atoms with van der Waals surface area (Å²) in [5.41, 5.74) is 1.18. The van der Waals surface area contributed by atoms with Crippen LogP contribution in [0.5, 0.6) is 0 Å². The van der Waals surface area contributed by atoms with Crippen LogP contribution < -0.4 is 5.32 Å². The minimum Gasteiger partial charge on any atom is -0.395 e. The lowest BCUT2D eigenvalue weighted by molar-refractivity contribution is 0.0536. The number of amides is 1. The number of hydrogen-bond donors (Lipinski definition) is 2.